The number of methoxy groups -OCH3 is 1. The largest absolute Gasteiger partial charge is 0.507 e. The highest BCUT2D eigenvalue weighted by Gasteiger charge is 2.46. The smallest absolute Gasteiger partial charge is 0.239 e. The van der Waals surface area contributed by atoms with Crippen molar-refractivity contribution < 1.29 is 69.0 Å². The van der Waals surface area contributed by atoms with Crippen molar-refractivity contribution in [2.24, 2.45) is 0 Å². The molecule has 2 aliphatic heterocycles. The van der Waals surface area contributed by atoms with E-state index in [4.69, 9.17) is 28.1 Å². The van der Waals surface area contributed by atoms with E-state index in [2.05, 4.69) is 0 Å². The van der Waals surface area contributed by atoms with Crippen LogP contribution in [0.25, 0.3) is 22.3 Å². The van der Waals surface area contributed by atoms with Gasteiger partial charge < -0.3 is 69.0 Å². The van der Waals surface area contributed by atoms with Crippen molar-refractivity contribution in [3.8, 4) is 34.3 Å². The number of ether oxygens (including phenoxy) is 5. The van der Waals surface area contributed by atoms with E-state index in [9.17, 15) is 45.6 Å². The monoisotopic (exact) mass is 676 g/mol. The molecule has 0 aliphatic carbocycles. The fourth-order valence-corrected chi connectivity index (χ4v) is 5.52. The van der Waals surface area contributed by atoms with Crippen molar-refractivity contribution in [3.63, 3.8) is 0 Å². The first kappa shape index (κ1) is 35.5. The van der Waals surface area contributed by atoms with Crippen LogP contribution in [0.2, 0.25) is 0 Å². The zero-order chi connectivity index (χ0) is 35.0. The van der Waals surface area contributed by atoms with Gasteiger partial charge in [0.1, 0.15) is 70.9 Å². The normalized spacial score (nSPS) is 30.6. The Morgan fingerprint density at radius 1 is 0.875 bits per heavy atom. The van der Waals surface area contributed by atoms with Crippen molar-refractivity contribution in [1.29, 1.82) is 0 Å². The Hall–Kier alpha value is -3.77. The molecule has 3 heterocycles. The van der Waals surface area contributed by atoms with E-state index >= 15 is 0 Å². The van der Waals surface area contributed by atoms with Crippen LogP contribution in [-0.2, 0) is 15.9 Å². The van der Waals surface area contributed by atoms with Crippen LogP contribution in [0.4, 0.5) is 0 Å². The molecule has 48 heavy (non-hydrogen) atoms. The average Bonchev–Trinajstić information content (AvgIpc) is 3.06. The van der Waals surface area contributed by atoms with Gasteiger partial charge in [-0.3, -0.25) is 4.79 Å². The maximum Gasteiger partial charge on any atom is 0.239 e. The van der Waals surface area contributed by atoms with E-state index in [1.807, 2.05) is 13.8 Å². The third-order valence-electron chi connectivity index (χ3n) is 8.37. The molecule has 0 bridgehead atoms. The molecule has 262 valence electrons. The number of fused-ring (bicyclic) bond motifs is 1. The second-order valence-corrected chi connectivity index (χ2v) is 12.0. The van der Waals surface area contributed by atoms with E-state index in [-0.39, 0.29) is 34.5 Å². The van der Waals surface area contributed by atoms with Gasteiger partial charge in [0.05, 0.1) is 19.8 Å². The number of phenols is 1. The van der Waals surface area contributed by atoms with Crippen molar-refractivity contribution in [2.75, 3.05) is 13.7 Å². The van der Waals surface area contributed by atoms with Crippen LogP contribution in [0.1, 0.15) is 26.3 Å². The number of aromatic hydroxyl groups is 1. The van der Waals surface area contributed by atoms with Gasteiger partial charge in [-0.25, -0.2) is 0 Å². The van der Waals surface area contributed by atoms with Crippen molar-refractivity contribution >= 4 is 11.0 Å². The molecule has 1 aromatic heterocycles. The minimum atomic E-state index is -1.77. The average molecular weight is 677 g/mol. The van der Waals surface area contributed by atoms with E-state index in [0.29, 0.717) is 11.3 Å². The van der Waals surface area contributed by atoms with Gasteiger partial charge in [-0.15, -0.1) is 0 Å². The molecule has 2 saturated heterocycles. The van der Waals surface area contributed by atoms with Gasteiger partial charge in [0.25, 0.3) is 0 Å². The number of allylic oxidation sites excluding steroid dienone is 2. The van der Waals surface area contributed by atoms with Gasteiger partial charge in [0.15, 0.2) is 5.76 Å². The second kappa shape index (κ2) is 14.4. The van der Waals surface area contributed by atoms with Gasteiger partial charge in [0, 0.05) is 17.2 Å². The topological polar surface area (TPSA) is 238 Å². The van der Waals surface area contributed by atoms with Crippen LogP contribution >= 0.6 is 0 Å². The summed E-state index contributed by atoms with van der Waals surface area (Å²) in [5, 5.41) is 82.9. The van der Waals surface area contributed by atoms with Crippen molar-refractivity contribution in [3.05, 3.63) is 57.8 Å². The van der Waals surface area contributed by atoms with E-state index < -0.39 is 84.9 Å². The lowest BCUT2D eigenvalue weighted by Gasteiger charge is -2.39. The van der Waals surface area contributed by atoms with Gasteiger partial charge in [-0.1, -0.05) is 11.6 Å². The summed E-state index contributed by atoms with van der Waals surface area (Å²) in [5.41, 5.74) is 0.341. The quantitative estimate of drug-likeness (QED) is 0.140. The van der Waals surface area contributed by atoms with Crippen LogP contribution < -0.4 is 19.6 Å². The highest BCUT2D eigenvalue weighted by molar-refractivity contribution is 5.91. The fraction of sp³-hybridized carbons (Fsp3) is 0.485. The number of hydrogen-bond donors (Lipinski definition) is 8. The fourth-order valence-electron chi connectivity index (χ4n) is 5.52. The minimum Gasteiger partial charge on any atom is -0.507 e. The van der Waals surface area contributed by atoms with Gasteiger partial charge in [-0.2, -0.15) is 0 Å². The number of phenolic OH excluding ortho intramolecular Hbond substituents is 1. The van der Waals surface area contributed by atoms with E-state index in [0.717, 1.165) is 11.6 Å². The van der Waals surface area contributed by atoms with E-state index in [1.165, 1.54) is 14.0 Å². The number of aliphatic hydroxyl groups excluding tert-OH is 7. The molecule has 0 radical (unpaired) electrons. The Morgan fingerprint density at radius 2 is 1.50 bits per heavy atom. The van der Waals surface area contributed by atoms with Crippen LogP contribution in [0.5, 0.6) is 23.0 Å². The molecule has 2 fully saturated rings. The summed E-state index contributed by atoms with van der Waals surface area (Å²) in [6.45, 7) is 4.40. The summed E-state index contributed by atoms with van der Waals surface area (Å²) in [6.07, 6.45) is -13.7. The van der Waals surface area contributed by atoms with Crippen LogP contribution in [0.15, 0.2) is 51.2 Å². The van der Waals surface area contributed by atoms with Gasteiger partial charge in [-0.05, 0) is 51.5 Å². The van der Waals surface area contributed by atoms with Gasteiger partial charge in [0.2, 0.25) is 23.8 Å². The predicted molar refractivity (Wildman–Crippen MR) is 167 cm³/mol. The third-order valence-corrected chi connectivity index (χ3v) is 8.37. The van der Waals surface area contributed by atoms with Crippen molar-refractivity contribution in [2.45, 2.75) is 88.6 Å². The summed E-state index contributed by atoms with van der Waals surface area (Å²) < 4.78 is 34.5. The lowest BCUT2D eigenvalue weighted by atomic mass is 9.99. The maximum atomic E-state index is 14.3. The number of aliphatic hydroxyl groups is 7. The molecule has 5 rings (SSSR count). The Kier molecular flexibility index (Phi) is 10.6. The minimum absolute atomic E-state index is 0.0725. The molecule has 10 atom stereocenters. The van der Waals surface area contributed by atoms with E-state index in [1.54, 1.807) is 30.3 Å². The van der Waals surface area contributed by atoms with Crippen LogP contribution in [0, 0.1) is 0 Å². The number of hydrogen-bond acceptors (Lipinski definition) is 15. The summed E-state index contributed by atoms with van der Waals surface area (Å²) in [7, 11) is 1.47. The Morgan fingerprint density at radius 3 is 2.10 bits per heavy atom. The first-order chi connectivity index (χ1) is 22.8. The highest BCUT2D eigenvalue weighted by atomic mass is 16.7. The second-order valence-electron chi connectivity index (χ2n) is 12.0. The molecular weight excluding hydrogens is 636 g/mol. The zero-order valence-electron chi connectivity index (χ0n) is 26.6. The molecule has 0 spiro atoms. The molecule has 0 amide bonds. The van der Waals surface area contributed by atoms with Crippen LogP contribution in [-0.4, -0.2) is 116 Å². The molecule has 3 aromatic rings. The summed E-state index contributed by atoms with van der Waals surface area (Å²) in [5.74, 6) is -0.922. The SMILES string of the molecule is COc1ccc(-c2oc3c(CC=C(C)C)c(O[C@@H]4O[C@H](CO)[C@@H](O)[C@H](O)[C@H]4O)cc(O)c3c(=O)c2O[C@@H]2O[C@H](C)[C@@H](O)[C@H](O)[C@@H]2O)cc1. The third kappa shape index (κ3) is 6.74. The lowest BCUT2D eigenvalue weighted by molar-refractivity contribution is -0.277. The summed E-state index contributed by atoms with van der Waals surface area (Å²) in [4.78, 5) is 14.3. The van der Waals surface area contributed by atoms with Crippen LogP contribution in [0.3, 0.4) is 0 Å². The molecule has 15 nitrogen and oxygen atoms in total. The number of benzene rings is 2. The Bertz CT molecular complexity index is 1680. The maximum absolute atomic E-state index is 14.3. The highest BCUT2D eigenvalue weighted by Crippen LogP contribution is 2.41. The predicted octanol–water partition coefficient (Wildman–Crippen LogP) is 0.0679. The first-order valence-corrected chi connectivity index (χ1v) is 15.2. The summed E-state index contributed by atoms with van der Waals surface area (Å²) >= 11 is 0. The Balaban J connectivity index is 1.71. The molecule has 2 aromatic carbocycles. The molecular formula is C33H40O15. The first-order valence-electron chi connectivity index (χ1n) is 15.2. The molecule has 2 aliphatic rings. The Labute approximate surface area is 274 Å². The molecule has 0 unspecified atom stereocenters. The zero-order valence-corrected chi connectivity index (χ0v) is 26.6. The standard InChI is InChI=1S/C33H40O15/c1-13(2)5-10-17-19(45-33-28(42)26(40)23(37)20(12-34)46-33)11-18(35)21-24(38)31(48-32-27(41)25(39)22(36)14(3)44-32)29(47-30(17)21)15-6-8-16(43-4)9-7-15/h5-9,11,14,20,22-23,25-28,32-37,39-42H,10,12H2,1-4H3/t14-,20-,22-,23-,25+,26+,27+,28-,32+,33-/m1/s1. The van der Waals surface area contributed by atoms with Gasteiger partial charge >= 0.3 is 0 Å². The molecule has 8 N–H and O–H groups in total. The number of rotatable bonds is 9. The molecule has 15 heteroatoms. The lowest BCUT2D eigenvalue weighted by Crippen LogP contribution is -2.60. The van der Waals surface area contributed by atoms with Crippen molar-refractivity contribution in [1.82, 2.24) is 0 Å². The molecule has 0 saturated carbocycles. The summed E-state index contributed by atoms with van der Waals surface area (Å²) in [6, 6.07) is 7.41.